The molecular formula is C17H13NOS. The maximum Gasteiger partial charge on any atom is 0.150 e. The van der Waals surface area contributed by atoms with Crippen molar-refractivity contribution in [1.29, 1.82) is 0 Å². The van der Waals surface area contributed by atoms with Gasteiger partial charge in [-0.15, -0.1) is 11.3 Å². The summed E-state index contributed by atoms with van der Waals surface area (Å²) >= 11 is 1.65. The fraction of sp³-hybridized carbons (Fsp3) is 0.0588. The molecule has 3 heteroatoms. The van der Waals surface area contributed by atoms with Gasteiger partial charge in [-0.3, -0.25) is 4.79 Å². The van der Waals surface area contributed by atoms with Crippen molar-refractivity contribution in [3.8, 4) is 11.3 Å². The lowest BCUT2D eigenvalue weighted by Crippen LogP contribution is -1.89. The second kappa shape index (κ2) is 5.80. The Morgan fingerprint density at radius 3 is 2.70 bits per heavy atom. The van der Waals surface area contributed by atoms with Crippen molar-refractivity contribution in [1.82, 2.24) is 4.98 Å². The molecule has 2 nitrogen and oxygen atoms in total. The predicted octanol–water partition coefficient (Wildman–Crippen LogP) is 4.21. The molecule has 98 valence electrons. The monoisotopic (exact) mass is 279 g/mol. The molecule has 0 bridgehead atoms. The van der Waals surface area contributed by atoms with E-state index in [0.29, 0.717) is 5.56 Å². The fourth-order valence-corrected chi connectivity index (χ4v) is 2.92. The largest absolute Gasteiger partial charge is 0.298 e. The van der Waals surface area contributed by atoms with Crippen molar-refractivity contribution in [3.05, 3.63) is 76.1 Å². The van der Waals surface area contributed by atoms with E-state index in [4.69, 9.17) is 0 Å². The smallest absolute Gasteiger partial charge is 0.150 e. The summed E-state index contributed by atoms with van der Waals surface area (Å²) in [5.74, 6) is 0. The maximum atomic E-state index is 10.8. The summed E-state index contributed by atoms with van der Waals surface area (Å²) in [6, 6.07) is 17.8. The highest BCUT2D eigenvalue weighted by Gasteiger charge is 2.05. The van der Waals surface area contributed by atoms with Gasteiger partial charge in [-0.1, -0.05) is 48.5 Å². The third-order valence-corrected chi connectivity index (χ3v) is 3.91. The Hall–Kier alpha value is -2.26. The average Bonchev–Trinajstić information content (AvgIpc) is 2.97. The molecule has 0 saturated heterocycles. The molecular weight excluding hydrogens is 266 g/mol. The van der Waals surface area contributed by atoms with Gasteiger partial charge in [0.2, 0.25) is 0 Å². The number of nitrogens with zero attached hydrogens (tertiary/aromatic N) is 1. The quantitative estimate of drug-likeness (QED) is 0.669. The van der Waals surface area contributed by atoms with Crippen LogP contribution in [0.1, 0.15) is 20.9 Å². The van der Waals surface area contributed by atoms with Gasteiger partial charge >= 0.3 is 0 Å². The van der Waals surface area contributed by atoms with Gasteiger partial charge < -0.3 is 0 Å². The molecule has 0 amide bonds. The molecule has 0 atom stereocenters. The third-order valence-electron chi connectivity index (χ3n) is 3.06. The lowest BCUT2D eigenvalue weighted by molar-refractivity contribution is 0.112. The lowest BCUT2D eigenvalue weighted by Gasteiger charge is -1.99. The minimum atomic E-state index is 0.710. The van der Waals surface area contributed by atoms with Crippen LogP contribution in [0.4, 0.5) is 0 Å². The number of carbonyl (C=O) groups excluding carboxylic acids is 1. The van der Waals surface area contributed by atoms with Crippen LogP contribution in [-0.2, 0) is 6.42 Å². The molecule has 0 aliphatic carbocycles. The molecule has 0 N–H and O–H groups in total. The van der Waals surface area contributed by atoms with Crippen molar-refractivity contribution in [2.24, 2.45) is 0 Å². The van der Waals surface area contributed by atoms with Crippen LogP contribution in [0.2, 0.25) is 0 Å². The Morgan fingerprint density at radius 2 is 1.90 bits per heavy atom. The molecule has 2 aromatic carbocycles. The molecule has 0 radical (unpaired) electrons. The summed E-state index contributed by atoms with van der Waals surface area (Å²) in [5.41, 5.74) is 3.97. The first-order chi connectivity index (χ1) is 9.85. The van der Waals surface area contributed by atoms with E-state index in [2.05, 4.69) is 22.5 Å². The Kier molecular flexibility index (Phi) is 3.70. The minimum absolute atomic E-state index is 0.710. The van der Waals surface area contributed by atoms with Crippen LogP contribution in [0, 0.1) is 0 Å². The van der Waals surface area contributed by atoms with E-state index < -0.39 is 0 Å². The number of rotatable bonds is 4. The molecule has 0 aliphatic rings. The van der Waals surface area contributed by atoms with Crippen molar-refractivity contribution >= 4 is 17.6 Å². The SMILES string of the molecule is O=Cc1cccc(Cc2nc(-c3ccccc3)cs2)c1. The van der Waals surface area contributed by atoms with Gasteiger partial charge in [0.25, 0.3) is 0 Å². The summed E-state index contributed by atoms with van der Waals surface area (Å²) in [7, 11) is 0. The molecule has 3 aromatic rings. The molecule has 0 aliphatic heterocycles. The zero-order chi connectivity index (χ0) is 13.8. The second-order valence-corrected chi connectivity index (χ2v) is 5.47. The number of aldehydes is 1. The molecule has 20 heavy (non-hydrogen) atoms. The molecule has 3 rings (SSSR count). The summed E-state index contributed by atoms with van der Waals surface area (Å²) in [5, 5.41) is 3.14. The number of thiazole rings is 1. The number of hydrogen-bond acceptors (Lipinski definition) is 3. The molecule has 0 fully saturated rings. The fourth-order valence-electron chi connectivity index (χ4n) is 2.08. The zero-order valence-corrected chi connectivity index (χ0v) is 11.6. The van der Waals surface area contributed by atoms with Crippen LogP contribution < -0.4 is 0 Å². The Bertz CT molecular complexity index is 719. The van der Waals surface area contributed by atoms with Crippen LogP contribution in [0.15, 0.2) is 60.0 Å². The molecule has 0 saturated carbocycles. The lowest BCUT2D eigenvalue weighted by atomic mass is 10.1. The normalized spacial score (nSPS) is 10.4. The van der Waals surface area contributed by atoms with Gasteiger partial charge in [0, 0.05) is 22.9 Å². The van der Waals surface area contributed by atoms with E-state index in [-0.39, 0.29) is 0 Å². The summed E-state index contributed by atoms with van der Waals surface area (Å²) in [6.45, 7) is 0. The number of benzene rings is 2. The first-order valence-corrected chi connectivity index (χ1v) is 7.27. The van der Waals surface area contributed by atoms with Gasteiger partial charge in [0.15, 0.2) is 0 Å². The molecule has 0 spiro atoms. The van der Waals surface area contributed by atoms with Crippen LogP contribution in [0.5, 0.6) is 0 Å². The van der Waals surface area contributed by atoms with Crippen LogP contribution in [-0.4, -0.2) is 11.3 Å². The number of aromatic nitrogens is 1. The Morgan fingerprint density at radius 1 is 1.05 bits per heavy atom. The number of hydrogen-bond donors (Lipinski definition) is 0. The summed E-state index contributed by atoms with van der Waals surface area (Å²) in [6.07, 6.45) is 1.64. The third kappa shape index (κ3) is 2.83. The van der Waals surface area contributed by atoms with Crippen LogP contribution >= 0.6 is 11.3 Å². The highest BCUT2D eigenvalue weighted by Crippen LogP contribution is 2.23. The van der Waals surface area contributed by atoms with Gasteiger partial charge in [-0.2, -0.15) is 0 Å². The van der Waals surface area contributed by atoms with Gasteiger partial charge in [0.05, 0.1) is 10.7 Å². The van der Waals surface area contributed by atoms with Crippen molar-refractivity contribution in [2.45, 2.75) is 6.42 Å². The highest BCUT2D eigenvalue weighted by atomic mass is 32.1. The highest BCUT2D eigenvalue weighted by molar-refractivity contribution is 7.10. The van der Waals surface area contributed by atoms with Crippen LogP contribution in [0.25, 0.3) is 11.3 Å². The standard InChI is InChI=1S/C17H13NOS/c19-11-14-6-4-5-13(9-14)10-17-18-16(12-20-17)15-7-2-1-3-8-15/h1-9,11-12H,10H2. The predicted molar refractivity (Wildman–Crippen MR) is 82.2 cm³/mol. The average molecular weight is 279 g/mol. The zero-order valence-electron chi connectivity index (χ0n) is 10.8. The summed E-state index contributed by atoms with van der Waals surface area (Å²) < 4.78 is 0. The topological polar surface area (TPSA) is 30.0 Å². The first-order valence-electron chi connectivity index (χ1n) is 6.39. The van der Waals surface area contributed by atoms with E-state index >= 15 is 0 Å². The van der Waals surface area contributed by atoms with Crippen LogP contribution in [0.3, 0.4) is 0 Å². The Labute approximate surface area is 121 Å². The van der Waals surface area contributed by atoms with E-state index in [1.54, 1.807) is 11.3 Å². The van der Waals surface area contributed by atoms with Gasteiger partial charge in [-0.05, 0) is 11.6 Å². The first kappa shape index (κ1) is 12.8. The maximum absolute atomic E-state index is 10.8. The van der Waals surface area contributed by atoms with Crippen molar-refractivity contribution < 1.29 is 4.79 Å². The van der Waals surface area contributed by atoms with Gasteiger partial charge in [0.1, 0.15) is 6.29 Å². The van der Waals surface area contributed by atoms with E-state index in [0.717, 1.165) is 34.5 Å². The van der Waals surface area contributed by atoms with E-state index in [1.807, 2.05) is 42.5 Å². The second-order valence-electron chi connectivity index (χ2n) is 4.53. The summed E-state index contributed by atoms with van der Waals surface area (Å²) in [4.78, 5) is 15.4. The molecule has 0 unspecified atom stereocenters. The molecule has 1 aromatic heterocycles. The molecule has 1 heterocycles. The Balaban J connectivity index is 1.82. The van der Waals surface area contributed by atoms with E-state index in [1.165, 1.54) is 0 Å². The minimum Gasteiger partial charge on any atom is -0.298 e. The van der Waals surface area contributed by atoms with Crippen molar-refractivity contribution in [2.75, 3.05) is 0 Å². The van der Waals surface area contributed by atoms with Crippen molar-refractivity contribution in [3.63, 3.8) is 0 Å². The van der Waals surface area contributed by atoms with E-state index in [9.17, 15) is 4.79 Å². The van der Waals surface area contributed by atoms with Gasteiger partial charge in [-0.25, -0.2) is 4.98 Å². The number of carbonyl (C=O) groups is 1.